The third kappa shape index (κ3) is 1.61. The fraction of sp³-hybridized carbons (Fsp3) is 0.375. The van der Waals surface area contributed by atoms with Crippen molar-refractivity contribution in [1.29, 1.82) is 0 Å². The number of ketones is 1. The summed E-state index contributed by atoms with van der Waals surface area (Å²) in [6.07, 6.45) is 0. The van der Waals surface area contributed by atoms with Crippen LogP contribution in [0.2, 0.25) is 0 Å². The SMILES string of the molecule is CC(=O)c1nnc(C)cc1C. The second-order valence-electron chi connectivity index (χ2n) is 2.57. The lowest BCUT2D eigenvalue weighted by Crippen LogP contribution is -2.03. The van der Waals surface area contributed by atoms with E-state index in [0.717, 1.165) is 11.3 Å². The van der Waals surface area contributed by atoms with Crippen LogP contribution in [-0.2, 0) is 0 Å². The van der Waals surface area contributed by atoms with Crippen molar-refractivity contribution in [1.82, 2.24) is 10.2 Å². The van der Waals surface area contributed by atoms with Gasteiger partial charge < -0.3 is 0 Å². The number of carbonyl (C=O) groups is 1. The van der Waals surface area contributed by atoms with Crippen LogP contribution in [0.15, 0.2) is 6.07 Å². The molecule has 0 saturated carbocycles. The minimum Gasteiger partial charge on any atom is -0.293 e. The molecule has 0 N–H and O–H groups in total. The Morgan fingerprint density at radius 2 is 2.00 bits per heavy atom. The minimum atomic E-state index is -0.0324. The predicted octanol–water partition coefficient (Wildman–Crippen LogP) is 1.30. The second-order valence-corrected chi connectivity index (χ2v) is 2.57. The Morgan fingerprint density at radius 3 is 2.45 bits per heavy atom. The molecule has 0 aromatic carbocycles. The van der Waals surface area contributed by atoms with E-state index in [1.165, 1.54) is 6.92 Å². The van der Waals surface area contributed by atoms with Crippen molar-refractivity contribution in [2.75, 3.05) is 0 Å². The molecule has 1 aromatic heterocycles. The van der Waals surface area contributed by atoms with Crippen LogP contribution >= 0.6 is 0 Å². The summed E-state index contributed by atoms with van der Waals surface area (Å²) in [5, 5.41) is 7.57. The third-order valence-electron chi connectivity index (χ3n) is 1.44. The van der Waals surface area contributed by atoms with Crippen molar-refractivity contribution >= 4 is 5.78 Å². The van der Waals surface area contributed by atoms with Gasteiger partial charge in [-0.25, -0.2) is 0 Å². The molecule has 0 fully saturated rings. The van der Waals surface area contributed by atoms with Gasteiger partial charge >= 0.3 is 0 Å². The van der Waals surface area contributed by atoms with Gasteiger partial charge in [0.05, 0.1) is 5.69 Å². The van der Waals surface area contributed by atoms with Crippen LogP contribution in [0.4, 0.5) is 0 Å². The average molecular weight is 150 g/mol. The molecule has 0 atom stereocenters. The maximum Gasteiger partial charge on any atom is 0.180 e. The van der Waals surface area contributed by atoms with E-state index in [9.17, 15) is 4.79 Å². The zero-order valence-electron chi connectivity index (χ0n) is 6.88. The molecule has 0 aliphatic rings. The summed E-state index contributed by atoms with van der Waals surface area (Å²) < 4.78 is 0. The molecule has 0 bridgehead atoms. The van der Waals surface area contributed by atoms with E-state index in [1.807, 2.05) is 19.9 Å². The van der Waals surface area contributed by atoms with Crippen molar-refractivity contribution in [3.05, 3.63) is 23.0 Å². The molecule has 11 heavy (non-hydrogen) atoms. The Hall–Kier alpha value is -1.25. The average Bonchev–Trinajstić information content (AvgIpc) is 1.85. The monoisotopic (exact) mass is 150 g/mol. The van der Waals surface area contributed by atoms with Crippen LogP contribution in [0.3, 0.4) is 0 Å². The zero-order chi connectivity index (χ0) is 8.43. The van der Waals surface area contributed by atoms with Gasteiger partial charge in [0.25, 0.3) is 0 Å². The summed E-state index contributed by atoms with van der Waals surface area (Å²) >= 11 is 0. The fourth-order valence-electron chi connectivity index (χ4n) is 0.966. The third-order valence-corrected chi connectivity index (χ3v) is 1.44. The first-order valence-electron chi connectivity index (χ1n) is 3.43. The van der Waals surface area contributed by atoms with Gasteiger partial charge in [-0.1, -0.05) is 0 Å². The summed E-state index contributed by atoms with van der Waals surface area (Å²) in [6.45, 7) is 5.20. The van der Waals surface area contributed by atoms with Crippen LogP contribution < -0.4 is 0 Å². The normalized spacial score (nSPS) is 9.73. The molecular formula is C8H10N2O. The number of aromatic nitrogens is 2. The molecule has 0 aliphatic heterocycles. The number of rotatable bonds is 1. The van der Waals surface area contributed by atoms with Crippen molar-refractivity contribution in [2.24, 2.45) is 0 Å². The Kier molecular flexibility index (Phi) is 1.98. The van der Waals surface area contributed by atoms with Gasteiger partial charge in [-0.15, -0.1) is 5.10 Å². The molecule has 58 valence electrons. The van der Waals surface area contributed by atoms with Crippen LogP contribution in [0.5, 0.6) is 0 Å². The van der Waals surface area contributed by atoms with Gasteiger partial charge in [0, 0.05) is 6.92 Å². The van der Waals surface area contributed by atoms with E-state index >= 15 is 0 Å². The summed E-state index contributed by atoms with van der Waals surface area (Å²) in [5.74, 6) is -0.0324. The summed E-state index contributed by atoms with van der Waals surface area (Å²) in [4.78, 5) is 10.9. The first-order valence-corrected chi connectivity index (χ1v) is 3.43. The maximum absolute atomic E-state index is 10.9. The van der Waals surface area contributed by atoms with Crippen molar-refractivity contribution in [3.8, 4) is 0 Å². The summed E-state index contributed by atoms with van der Waals surface area (Å²) in [5.41, 5.74) is 2.20. The first kappa shape index (κ1) is 7.85. The smallest absolute Gasteiger partial charge is 0.180 e. The largest absolute Gasteiger partial charge is 0.293 e. The Morgan fingerprint density at radius 1 is 1.36 bits per heavy atom. The standard InChI is InChI=1S/C8H10N2O/c1-5-4-6(2)9-10-8(5)7(3)11/h4H,1-3H3. The van der Waals surface area contributed by atoms with Crippen LogP contribution in [-0.4, -0.2) is 16.0 Å². The van der Waals surface area contributed by atoms with Crippen molar-refractivity contribution < 1.29 is 4.79 Å². The van der Waals surface area contributed by atoms with Gasteiger partial charge in [0.2, 0.25) is 0 Å². The van der Waals surface area contributed by atoms with Gasteiger partial charge in [-0.05, 0) is 25.5 Å². The fourth-order valence-corrected chi connectivity index (χ4v) is 0.966. The highest BCUT2D eigenvalue weighted by atomic mass is 16.1. The first-order chi connectivity index (χ1) is 5.11. The molecule has 0 unspecified atom stereocenters. The molecule has 1 aromatic rings. The highest BCUT2D eigenvalue weighted by Gasteiger charge is 2.05. The molecule has 3 heteroatoms. The molecule has 0 aliphatic carbocycles. The van der Waals surface area contributed by atoms with Crippen molar-refractivity contribution in [2.45, 2.75) is 20.8 Å². The molecule has 1 heterocycles. The highest BCUT2D eigenvalue weighted by molar-refractivity contribution is 5.93. The lowest BCUT2D eigenvalue weighted by Gasteiger charge is -1.98. The maximum atomic E-state index is 10.9. The number of aryl methyl sites for hydroxylation is 2. The van der Waals surface area contributed by atoms with Gasteiger partial charge in [0.15, 0.2) is 5.78 Å². The molecule has 0 saturated heterocycles. The van der Waals surface area contributed by atoms with Crippen LogP contribution in [0, 0.1) is 13.8 Å². The van der Waals surface area contributed by atoms with E-state index in [0.29, 0.717) is 5.69 Å². The van der Waals surface area contributed by atoms with Crippen molar-refractivity contribution in [3.63, 3.8) is 0 Å². The quantitative estimate of drug-likeness (QED) is 0.566. The number of carbonyl (C=O) groups excluding carboxylic acids is 1. The van der Waals surface area contributed by atoms with Gasteiger partial charge in [-0.3, -0.25) is 4.79 Å². The topological polar surface area (TPSA) is 42.9 Å². The van der Waals surface area contributed by atoms with E-state index in [-0.39, 0.29) is 5.78 Å². The number of hydrogen-bond donors (Lipinski definition) is 0. The van der Waals surface area contributed by atoms with Gasteiger partial charge in [0.1, 0.15) is 5.69 Å². The number of Topliss-reactive ketones (excluding diaryl/α,β-unsaturated/α-hetero) is 1. The number of nitrogens with zero attached hydrogens (tertiary/aromatic N) is 2. The highest BCUT2D eigenvalue weighted by Crippen LogP contribution is 2.04. The lowest BCUT2D eigenvalue weighted by atomic mass is 10.2. The van der Waals surface area contributed by atoms with E-state index in [4.69, 9.17) is 0 Å². The molecular weight excluding hydrogens is 140 g/mol. The van der Waals surface area contributed by atoms with Gasteiger partial charge in [-0.2, -0.15) is 5.10 Å². The molecule has 0 radical (unpaired) electrons. The van der Waals surface area contributed by atoms with E-state index < -0.39 is 0 Å². The molecule has 0 spiro atoms. The summed E-state index contributed by atoms with van der Waals surface area (Å²) in [7, 11) is 0. The Labute approximate surface area is 65.5 Å². The molecule has 1 rings (SSSR count). The lowest BCUT2D eigenvalue weighted by molar-refractivity contribution is 0.101. The second kappa shape index (κ2) is 2.78. The summed E-state index contributed by atoms with van der Waals surface area (Å²) in [6, 6.07) is 1.85. The Bertz CT molecular complexity index is 294. The predicted molar refractivity (Wildman–Crippen MR) is 41.5 cm³/mol. The molecule has 0 amide bonds. The zero-order valence-corrected chi connectivity index (χ0v) is 6.88. The van der Waals surface area contributed by atoms with Crippen LogP contribution in [0.25, 0.3) is 0 Å². The Balaban J connectivity index is 3.20. The van der Waals surface area contributed by atoms with Crippen LogP contribution in [0.1, 0.15) is 28.7 Å². The van der Waals surface area contributed by atoms with E-state index in [1.54, 1.807) is 0 Å². The molecule has 3 nitrogen and oxygen atoms in total. The van der Waals surface area contributed by atoms with E-state index in [2.05, 4.69) is 10.2 Å². The minimum absolute atomic E-state index is 0.0324. The number of hydrogen-bond acceptors (Lipinski definition) is 3.